The van der Waals surface area contributed by atoms with E-state index in [1.54, 1.807) is 18.2 Å². The van der Waals surface area contributed by atoms with Crippen molar-refractivity contribution in [3.63, 3.8) is 0 Å². The zero-order valence-corrected chi connectivity index (χ0v) is 13.2. The van der Waals surface area contributed by atoms with Gasteiger partial charge in [0.15, 0.2) is 0 Å². The number of amides is 1. The van der Waals surface area contributed by atoms with Crippen molar-refractivity contribution in [1.29, 1.82) is 0 Å². The van der Waals surface area contributed by atoms with Gasteiger partial charge in [0, 0.05) is 18.5 Å². The van der Waals surface area contributed by atoms with E-state index in [2.05, 4.69) is 5.32 Å². The standard InChI is InChI=1S/C14H20Cl2N2O2/c1-14(2,17)9-18-12(19)7-4-8-20-11-6-3-5-10(15)13(11)16/h3,5-6H,4,7-9,17H2,1-2H3,(H,18,19). The SMILES string of the molecule is CC(C)(N)CNC(=O)CCCOc1cccc(Cl)c1Cl. The summed E-state index contributed by atoms with van der Waals surface area (Å²) in [6.07, 6.45) is 0.980. The zero-order chi connectivity index (χ0) is 15.2. The van der Waals surface area contributed by atoms with Crippen LogP contribution in [0.25, 0.3) is 0 Å². The molecular formula is C14H20Cl2N2O2. The number of rotatable bonds is 7. The fourth-order valence-electron chi connectivity index (χ4n) is 1.43. The quantitative estimate of drug-likeness (QED) is 0.759. The third-order valence-electron chi connectivity index (χ3n) is 2.46. The molecule has 1 amide bonds. The summed E-state index contributed by atoms with van der Waals surface area (Å²) in [4.78, 5) is 11.6. The van der Waals surface area contributed by atoms with E-state index in [1.807, 2.05) is 13.8 Å². The summed E-state index contributed by atoms with van der Waals surface area (Å²) in [5.74, 6) is 0.493. The van der Waals surface area contributed by atoms with E-state index < -0.39 is 5.54 Å². The molecule has 0 fully saturated rings. The molecule has 1 rings (SSSR count). The predicted octanol–water partition coefficient (Wildman–Crippen LogP) is 3.01. The predicted molar refractivity (Wildman–Crippen MR) is 82.5 cm³/mol. The van der Waals surface area contributed by atoms with Gasteiger partial charge < -0.3 is 15.8 Å². The zero-order valence-electron chi connectivity index (χ0n) is 11.7. The number of nitrogens with one attached hydrogen (secondary N) is 1. The molecule has 0 unspecified atom stereocenters. The highest BCUT2D eigenvalue weighted by Gasteiger charge is 2.12. The lowest BCUT2D eigenvalue weighted by atomic mass is 10.1. The van der Waals surface area contributed by atoms with E-state index in [0.717, 1.165) is 0 Å². The molecule has 0 radical (unpaired) electrons. The average Bonchev–Trinajstić information content (AvgIpc) is 2.36. The van der Waals surface area contributed by atoms with Gasteiger partial charge in [0.2, 0.25) is 5.91 Å². The molecule has 1 aromatic carbocycles. The molecule has 1 aromatic rings. The Balaban J connectivity index is 2.25. The number of ether oxygens (including phenoxy) is 1. The summed E-state index contributed by atoms with van der Waals surface area (Å²) in [6.45, 7) is 4.57. The summed E-state index contributed by atoms with van der Waals surface area (Å²) in [7, 11) is 0. The molecular weight excluding hydrogens is 299 g/mol. The van der Waals surface area contributed by atoms with Crippen molar-refractivity contribution < 1.29 is 9.53 Å². The molecule has 0 aliphatic carbocycles. The molecule has 4 nitrogen and oxygen atoms in total. The molecule has 0 spiro atoms. The van der Waals surface area contributed by atoms with Crippen LogP contribution in [0.5, 0.6) is 5.75 Å². The molecule has 0 saturated carbocycles. The minimum atomic E-state index is -0.402. The highest BCUT2D eigenvalue weighted by molar-refractivity contribution is 6.42. The second kappa shape index (κ2) is 7.72. The maximum Gasteiger partial charge on any atom is 0.220 e. The number of hydrogen-bond donors (Lipinski definition) is 2. The van der Waals surface area contributed by atoms with Gasteiger partial charge in [-0.2, -0.15) is 0 Å². The molecule has 0 saturated heterocycles. The Morgan fingerprint density at radius 1 is 1.40 bits per heavy atom. The van der Waals surface area contributed by atoms with Crippen LogP contribution >= 0.6 is 23.2 Å². The molecule has 0 bridgehead atoms. The van der Waals surface area contributed by atoms with E-state index in [9.17, 15) is 4.79 Å². The summed E-state index contributed by atoms with van der Waals surface area (Å²) < 4.78 is 5.49. The Morgan fingerprint density at radius 2 is 2.10 bits per heavy atom. The van der Waals surface area contributed by atoms with Gasteiger partial charge in [-0.3, -0.25) is 4.79 Å². The Hall–Kier alpha value is -0.970. The van der Waals surface area contributed by atoms with Gasteiger partial charge in [-0.1, -0.05) is 29.3 Å². The van der Waals surface area contributed by atoms with Crippen LogP contribution in [0.3, 0.4) is 0 Å². The first kappa shape index (κ1) is 17.1. The van der Waals surface area contributed by atoms with Gasteiger partial charge in [0.05, 0.1) is 11.6 Å². The monoisotopic (exact) mass is 318 g/mol. The summed E-state index contributed by atoms with van der Waals surface area (Å²) in [5.41, 5.74) is 5.38. The minimum Gasteiger partial charge on any atom is -0.492 e. The lowest BCUT2D eigenvalue weighted by molar-refractivity contribution is -0.121. The van der Waals surface area contributed by atoms with Crippen LogP contribution in [0.2, 0.25) is 10.0 Å². The highest BCUT2D eigenvalue weighted by atomic mass is 35.5. The van der Waals surface area contributed by atoms with Gasteiger partial charge in [-0.05, 0) is 32.4 Å². The third kappa shape index (κ3) is 6.46. The van der Waals surface area contributed by atoms with Crippen LogP contribution < -0.4 is 15.8 Å². The summed E-state index contributed by atoms with van der Waals surface area (Å²) >= 11 is 11.9. The molecule has 0 atom stereocenters. The Morgan fingerprint density at radius 3 is 2.75 bits per heavy atom. The van der Waals surface area contributed by atoms with E-state index in [0.29, 0.717) is 41.8 Å². The molecule has 0 aliphatic rings. The number of benzene rings is 1. The smallest absolute Gasteiger partial charge is 0.220 e. The van der Waals surface area contributed by atoms with Crippen molar-refractivity contribution in [2.24, 2.45) is 5.73 Å². The van der Waals surface area contributed by atoms with Crippen molar-refractivity contribution >= 4 is 29.1 Å². The first-order valence-electron chi connectivity index (χ1n) is 6.42. The van der Waals surface area contributed by atoms with Crippen molar-refractivity contribution in [3.05, 3.63) is 28.2 Å². The normalized spacial score (nSPS) is 11.2. The van der Waals surface area contributed by atoms with E-state index >= 15 is 0 Å². The van der Waals surface area contributed by atoms with Crippen molar-refractivity contribution in [2.45, 2.75) is 32.2 Å². The molecule has 3 N–H and O–H groups in total. The van der Waals surface area contributed by atoms with Gasteiger partial charge in [-0.15, -0.1) is 0 Å². The molecule has 0 heterocycles. The van der Waals surface area contributed by atoms with Crippen LogP contribution in [0.15, 0.2) is 18.2 Å². The maximum atomic E-state index is 11.6. The summed E-state index contributed by atoms with van der Waals surface area (Å²) in [5, 5.41) is 3.62. The summed E-state index contributed by atoms with van der Waals surface area (Å²) in [6, 6.07) is 5.20. The lowest BCUT2D eigenvalue weighted by Crippen LogP contribution is -2.45. The second-order valence-electron chi connectivity index (χ2n) is 5.27. The van der Waals surface area contributed by atoms with E-state index in [4.69, 9.17) is 33.7 Å². The largest absolute Gasteiger partial charge is 0.492 e. The van der Waals surface area contributed by atoms with Crippen LogP contribution in [0, 0.1) is 0 Å². The van der Waals surface area contributed by atoms with Crippen LogP contribution in [-0.2, 0) is 4.79 Å². The van der Waals surface area contributed by atoms with Crippen molar-refractivity contribution in [1.82, 2.24) is 5.32 Å². The number of carbonyl (C=O) groups excluding carboxylic acids is 1. The van der Waals surface area contributed by atoms with Gasteiger partial charge in [0.1, 0.15) is 10.8 Å². The molecule has 0 aliphatic heterocycles. The van der Waals surface area contributed by atoms with Crippen LogP contribution in [0.1, 0.15) is 26.7 Å². The third-order valence-corrected chi connectivity index (χ3v) is 3.26. The van der Waals surface area contributed by atoms with Crippen molar-refractivity contribution in [3.8, 4) is 5.75 Å². The molecule has 6 heteroatoms. The number of nitrogens with two attached hydrogens (primary N) is 1. The number of carbonyl (C=O) groups is 1. The second-order valence-corrected chi connectivity index (χ2v) is 6.05. The molecule has 0 aromatic heterocycles. The Bertz CT molecular complexity index is 459. The molecule has 112 valence electrons. The Kier molecular flexibility index (Phi) is 6.59. The van der Waals surface area contributed by atoms with Crippen molar-refractivity contribution in [2.75, 3.05) is 13.2 Å². The molecule has 20 heavy (non-hydrogen) atoms. The topological polar surface area (TPSA) is 64.3 Å². The van der Waals surface area contributed by atoms with Gasteiger partial charge in [-0.25, -0.2) is 0 Å². The van der Waals surface area contributed by atoms with E-state index in [-0.39, 0.29) is 5.91 Å². The minimum absolute atomic E-state index is 0.0377. The first-order chi connectivity index (χ1) is 9.29. The highest BCUT2D eigenvalue weighted by Crippen LogP contribution is 2.31. The first-order valence-corrected chi connectivity index (χ1v) is 7.17. The number of halogens is 2. The fourth-order valence-corrected chi connectivity index (χ4v) is 1.77. The average molecular weight is 319 g/mol. The van der Waals surface area contributed by atoms with Crippen LogP contribution in [0.4, 0.5) is 0 Å². The van der Waals surface area contributed by atoms with Gasteiger partial charge >= 0.3 is 0 Å². The Labute approximate surface area is 129 Å². The lowest BCUT2D eigenvalue weighted by Gasteiger charge is -2.18. The van der Waals surface area contributed by atoms with E-state index in [1.165, 1.54) is 0 Å². The fraction of sp³-hybridized carbons (Fsp3) is 0.500. The number of hydrogen-bond acceptors (Lipinski definition) is 3. The van der Waals surface area contributed by atoms with Crippen LogP contribution in [-0.4, -0.2) is 24.6 Å². The van der Waals surface area contributed by atoms with Gasteiger partial charge in [0.25, 0.3) is 0 Å². The maximum absolute atomic E-state index is 11.6.